The smallest absolute Gasteiger partial charge is 0.0558 e. The second-order valence-electron chi connectivity index (χ2n) is 4.86. The molecule has 0 aromatic carbocycles. The normalized spacial score (nSPS) is 14.8. The first-order valence-electron chi connectivity index (χ1n) is 5.39. The first-order chi connectivity index (χ1) is 6.45. The highest BCUT2D eigenvalue weighted by Gasteiger charge is 2.24. The number of rotatable bonds is 6. The van der Waals surface area contributed by atoms with Crippen molar-refractivity contribution < 1.29 is 5.11 Å². The molecular weight excluding hydrogens is 194 g/mol. The van der Waals surface area contributed by atoms with Crippen molar-refractivity contribution in [2.75, 3.05) is 32.0 Å². The molecule has 0 radical (unpaired) electrons. The molecule has 0 saturated heterocycles. The Morgan fingerprint density at radius 3 is 2.21 bits per heavy atom. The van der Waals surface area contributed by atoms with E-state index in [1.165, 1.54) is 0 Å². The first kappa shape index (κ1) is 14.3. The molecule has 0 aromatic rings. The summed E-state index contributed by atoms with van der Waals surface area (Å²) >= 11 is 4.40. The Bertz CT molecular complexity index is 145. The summed E-state index contributed by atoms with van der Waals surface area (Å²) in [6.45, 7) is 11.9. The average Bonchev–Trinajstić information content (AvgIpc) is 2.10. The van der Waals surface area contributed by atoms with Gasteiger partial charge in [0.1, 0.15) is 0 Å². The van der Waals surface area contributed by atoms with Gasteiger partial charge in [-0.3, -0.25) is 0 Å². The number of thiol groups is 1. The highest BCUT2D eigenvalue weighted by molar-refractivity contribution is 7.80. The van der Waals surface area contributed by atoms with Crippen molar-refractivity contribution in [2.45, 2.75) is 27.7 Å². The molecule has 1 N–H and O–H groups in total. The van der Waals surface area contributed by atoms with Crippen molar-refractivity contribution in [2.24, 2.45) is 11.3 Å². The maximum atomic E-state index is 8.90. The molecule has 0 bridgehead atoms. The second-order valence-corrected chi connectivity index (χ2v) is 5.23. The van der Waals surface area contributed by atoms with Crippen molar-refractivity contribution in [3.8, 4) is 0 Å². The van der Waals surface area contributed by atoms with Crippen molar-refractivity contribution in [1.29, 1.82) is 0 Å². The van der Waals surface area contributed by atoms with Crippen LogP contribution in [0.5, 0.6) is 0 Å². The molecule has 0 aliphatic rings. The van der Waals surface area contributed by atoms with E-state index in [0.29, 0.717) is 11.3 Å². The summed E-state index contributed by atoms with van der Waals surface area (Å²) < 4.78 is 0. The minimum absolute atomic E-state index is 0.247. The fourth-order valence-corrected chi connectivity index (χ4v) is 2.10. The van der Waals surface area contributed by atoms with E-state index in [1.807, 2.05) is 0 Å². The van der Waals surface area contributed by atoms with Gasteiger partial charge < -0.3 is 10.0 Å². The lowest BCUT2D eigenvalue weighted by Crippen LogP contribution is -2.37. The monoisotopic (exact) mass is 219 g/mol. The van der Waals surface area contributed by atoms with Gasteiger partial charge >= 0.3 is 0 Å². The van der Waals surface area contributed by atoms with Gasteiger partial charge in [0, 0.05) is 13.1 Å². The summed E-state index contributed by atoms with van der Waals surface area (Å²) in [5, 5.41) is 8.90. The van der Waals surface area contributed by atoms with Gasteiger partial charge in [-0.05, 0) is 23.6 Å². The molecule has 86 valence electrons. The van der Waals surface area contributed by atoms with Crippen LogP contribution in [0.15, 0.2) is 0 Å². The molecule has 1 atom stereocenters. The lowest BCUT2D eigenvalue weighted by Gasteiger charge is -2.34. The second kappa shape index (κ2) is 6.70. The molecule has 0 heterocycles. The van der Waals surface area contributed by atoms with E-state index < -0.39 is 0 Å². The van der Waals surface area contributed by atoms with Gasteiger partial charge in [0.05, 0.1) is 6.61 Å². The third-order valence-corrected chi connectivity index (χ3v) is 3.23. The van der Waals surface area contributed by atoms with E-state index in [4.69, 9.17) is 5.11 Å². The maximum absolute atomic E-state index is 8.90. The lowest BCUT2D eigenvalue weighted by molar-refractivity contribution is 0.143. The zero-order valence-electron chi connectivity index (χ0n) is 9.95. The van der Waals surface area contributed by atoms with Crippen LogP contribution in [-0.2, 0) is 0 Å². The first-order valence-corrected chi connectivity index (χ1v) is 6.03. The molecular formula is C11H25NOS. The molecule has 0 fully saturated rings. The van der Waals surface area contributed by atoms with E-state index >= 15 is 0 Å². The molecule has 3 heteroatoms. The molecule has 0 saturated carbocycles. The number of hydrogen-bond acceptors (Lipinski definition) is 3. The summed E-state index contributed by atoms with van der Waals surface area (Å²) in [6.07, 6.45) is 0. The van der Waals surface area contributed by atoms with E-state index in [9.17, 15) is 0 Å². The van der Waals surface area contributed by atoms with Crippen molar-refractivity contribution in [1.82, 2.24) is 4.90 Å². The summed E-state index contributed by atoms with van der Waals surface area (Å²) in [7, 11) is 0. The van der Waals surface area contributed by atoms with E-state index in [1.54, 1.807) is 0 Å². The molecule has 0 aliphatic carbocycles. The van der Waals surface area contributed by atoms with Gasteiger partial charge in [-0.1, -0.05) is 27.7 Å². The van der Waals surface area contributed by atoms with Crippen LogP contribution >= 0.6 is 12.6 Å². The van der Waals surface area contributed by atoms with E-state index in [2.05, 4.69) is 45.2 Å². The van der Waals surface area contributed by atoms with E-state index in [0.717, 1.165) is 25.4 Å². The molecule has 0 spiro atoms. The fraction of sp³-hybridized carbons (Fsp3) is 1.00. The fourth-order valence-electron chi connectivity index (χ4n) is 1.44. The van der Waals surface area contributed by atoms with Crippen LogP contribution < -0.4 is 0 Å². The molecule has 14 heavy (non-hydrogen) atoms. The number of aliphatic hydroxyl groups excluding tert-OH is 1. The minimum atomic E-state index is 0.247. The van der Waals surface area contributed by atoms with Crippen molar-refractivity contribution >= 4 is 12.6 Å². The third kappa shape index (κ3) is 5.23. The topological polar surface area (TPSA) is 23.5 Å². The Morgan fingerprint density at radius 1 is 1.36 bits per heavy atom. The molecule has 0 aliphatic heterocycles. The van der Waals surface area contributed by atoms with Gasteiger partial charge in [-0.25, -0.2) is 0 Å². The van der Waals surface area contributed by atoms with Crippen LogP contribution in [0.1, 0.15) is 27.7 Å². The number of hydrogen-bond donors (Lipinski definition) is 2. The van der Waals surface area contributed by atoms with Crippen LogP contribution in [0.3, 0.4) is 0 Å². The van der Waals surface area contributed by atoms with Gasteiger partial charge in [0.15, 0.2) is 0 Å². The number of nitrogens with zero attached hydrogens (tertiary/aromatic N) is 1. The molecule has 1 unspecified atom stereocenters. The predicted molar refractivity (Wildman–Crippen MR) is 66.0 cm³/mol. The Kier molecular flexibility index (Phi) is 6.83. The quantitative estimate of drug-likeness (QED) is 0.667. The summed E-state index contributed by atoms with van der Waals surface area (Å²) in [5.41, 5.74) is 0.296. The van der Waals surface area contributed by atoms with Gasteiger partial charge in [-0.2, -0.15) is 12.6 Å². The minimum Gasteiger partial charge on any atom is -0.395 e. The van der Waals surface area contributed by atoms with Crippen LogP contribution in [0.25, 0.3) is 0 Å². The third-order valence-electron chi connectivity index (χ3n) is 2.79. The Hall–Kier alpha value is 0.270. The zero-order chi connectivity index (χ0) is 11.2. The largest absolute Gasteiger partial charge is 0.395 e. The van der Waals surface area contributed by atoms with Crippen LogP contribution in [-0.4, -0.2) is 42.0 Å². The number of aliphatic hydroxyl groups is 1. The summed E-state index contributed by atoms with van der Waals surface area (Å²) in [4.78, 5) is 2.28. The Balaban J connectivity index is 4.14. The van der Waals surface area contributed by atoms with Crippen LogP contribution in [0.2, 0.25) is 0 Å². The highest BCUT2D eigenvalue weighted by Crippen LogP contribution is 2.27. The highest BCUT2D eigenvalue weighted by atomic mass is 32.1. The molecule has 0 rings (SSSR count). The molecule has 2 nitrogen and oxygen atoms in total. The van der Waals surface area contributed by atoms with E-state index in [-0.39, 0.29) is 6.61 Å². The number of likely N-dealkylation sites (N-methyl/N-ethyl adjacent to an activating group) is 1. The molecule has 0 aromatic heterocycles. The van der Waals surface area contributed by atoms with Crippen LogP contribution in [0, 0.1) is 11.3 Å². The van der Waals surface area contributed by atoms with Gasteiger partial charge in [0.25, 0.3) is 0 Å². The van der Waals surface area contributed by atoms with Gasteiger partial charge in [0.2, 0.25) is 0 Å². The standard InChI is InChI=1S/C11H25NOS/c1-5-12(6-7-13)8-10(9-14)11(2,3)4/h10,13-14H,5-9H2,1-4H3. The SMILES string of the molecule is CCN(CCO)CC(CS)C(C)(C)C. The summed E-state index contributed by atoms with van der Waals surface area (Å²) in [6, 6.07) is 0. The molecule has 0 amide bonds. The Morgan fingerprint density at radius 2 is 1.93 bits per heavy atom. The predicted octanol–water partition coefficient (Wildman–Crippen LogP) is 1.89. The maximum Gasteiger partial charge on any atom is 0.0558 e. The Labute approximate surface area is 94.1 Å². The van der Waals surface area contributed by atoms with Gasteiger partial charge in [-0.15, -0.1) is 0 Å². The van der Waals surface area contributed by atoms with Crippen molar-refractivity contribution in [3.05, 3.63) is 0 Å². The average molecular weight is 219 g/mol. The zero-order valence-corrected chi connectivity index (χ0v) is 10.8. The lowest BCUT2D eigenvalue weighted by atomic mass is 9.81. The van der Waals surface area contributed by atoms with Crippen LogP contribution in [0.4, 0.5) is 0 Å². The van der Waals surface area contributed by atoms with Crippen molar-refractivity contribution in [3.63, 3.8) is 0 Å². The summed E-state index contributed by atoms with van der Waals surface area (Å²) in [5.74, 6) is 1.49.